The lowest BCUT2D eigenvalue weighted by molar-refractivity contribution is -0.503. The predicted molar refractivity (Wildman–Crippen MR) is 349 cm³/mol. The summed E-state index contributed by atoms with van der Waals surface area (Å²) in [6.07, 6.45) is 29.5. The lowest BCUT2D eigenvalue weighted by Crippen LogP contribution is -3.00. The Bertz CT molecular complexity index is 2760. The minimum atomic E-state index is -1.10. The second kappa shape index (κ2) is 32.2. The smallest absolute Gasteiger partial charge is 0.280 e. The third kappa shape index (κ3) is 15.0. The molecule has 4 aliphatic carbocycles. The van der Waals surface area contributed by atoms with Crippen LogP contribution in [-0.2, 0) is 0 Å². The van der Waals surface area contributed by atoms with Gasteiger partial charge >= 0.3 is 0 Å². The van der Waals surface area contributed by atoms with Gasteiger partial charge in [-0.1, -0.05) is 171 Å². The summed E-state index contributed by atoms with van der Waals surface area (Å²) in [5, 5.41) is 26.3. The van der Waals surface area contributed by atoms with Crippen LogP contribution in [0.2, 0.25) is 0 Å². The second-order valence-corrected chi connectivity index (χ2v) is 27.9. The second-order valence-electron chi connectivity index (χ2n) is 22.3. The highest BCUT2D eigenvalue weighted by molar-refractivity contribution is 8.04. The van der Waals surface area contributed by atoms with E-state index in [2.05, 4.69) is 190 Å². The maximum atomic E-state index is 7.32. The zero-order valence-corrected chi connectivity index (χ0v) is 50.8. The van der Waals surface area contributed by atoms with E-state index in [0.29, 0.717) is 0 Å². The molecule has 0 amide bonds. The summed E-state index contributed by atoms with van der Waals surface area (Å²) in [7, 11) is -1.78. The molecule has 432 valence electrons. The van der Waals surface area contributed by atoms with E-state index in [9.17, 15) is 0 Å². The fourth-order valence-corrected chi connectivity index (χ4v) is 21.6. The Morgan fingerprint density at radius 3 is 0.866 bits per heavy atom. The van der Waals surface area contributed by atoms with Gasteiger partial charge < -0.3 is 24.8 Å². The fraction of sp³-hybridized carbons (Fsp3) is 0.429. The molecule has 2 aliphatic heterocycles. The van der Waals surface area contributed by atoms with E-state index in [-0.39, 0.29) is 64.1 Å². The third-order valence-electron chi connectivity index (χ3n) is 17.3. The number of benzene rings is 6. The van der Waals surface area contributed by atoms with Gasteiger partial charge in [-0.25, -0.2) is 0 Å². The largest absolute Gasteiger partial charge is 1.00 e. The standard InChI is InChI=1S/2C33H42BN2P.2C2H3N.2ClH/c2*34-37(27-19-9-3-10-20-27,28-21-11-4-12-22-28)30-24-14-13-23-29(30)33-35-31(25-15-5-1-6-16-25)32(36-33)26-17-7-2-8-18-26;2*1-2-3;;/h2*1-2,5-8,13-18,23-24,27-28,31-32H,3-4,9-12,19-22H2,34H3,(H,35,36);2*1H3;2*1H/t2*31-,32-;;;;/m00..../s1. The molecule has 12 heteroatoms. The van der Waals surface area contributed by atoms with Crippen molar-refractivity contribution in [3.05, 3.63) is 203 Å². The fourth-order valence-electron chi connectivity index (χ4n) is 13.7. The topological polar surface area (TPSA) is 99.6 Å². The molecule has 0 unspecified atom stereocenters. The van der Waals surface area contributed by atoms with E-state index in [1.54, 1.807) is 22.7 Å². The van der Waals surface area contributed by atoms with Crippen molar-refractivity contribution < 1.29 is 34.8 Å². The molecule has 4 atom stereocenters. The normalized spacial score (nSPS) is 21.3. The SMILES string of the molecule is CC#N.CC#N.[BH3-][P+](c1ccccc1C1=[NH+][C@@H](c2ccccc2)[C@H](c2ccccc2)N1)(C1CCCCC1)C1CCCCC1.[BH3-][P+](c1ccccc1C1=[NH+][C@@H](c2ccccc2)[C@H](c2ccccc2)N1)(C1CCCCC1)C1CCCCC1.[Cl-].[Cl-]. The van der Waals surface area contributed by atoms with Gasteiger partial charge in [0, 0.05) is 58.7 Å². The molecule has 0 saturated heterocycles. The minimum Gasteiger partial charge on any atom is -1.00 e. The summed E-state index contributed by atoms with van der Waals surface area (Å²) in [5.74, 6) is 2.55. The van der Waals surface area contributed by atoms with E-state index in [0.717, 1.165) is 22.6 Å². The van der Waals surface area contributed by atoms with Crippen LogP contribution in [0.4, 0.5) is 0 Å². The van der Waals surface area contributed by atoms with Crippen molar-refractivity contribution in [1.29, 1.82) is 10.5 Å². The van der Waals surface area contributed by atoms with Gasteiger partial charge in [-0.3, -0.25) is 20.6 Å². The van der Waals surface area contributed by atoms with Gasteiger partial charge in [0.05, 0.1) is 22.7 Å². The zero-order chi connectivity index (χ0) is 55.6. The first-order valence-electron chi connectivity index (χ1n) is 30.0. The van der Waals surface area contributed by atoms with Crippen LogP contribution >= 0.6 is 14.3 Å². The monoisotopic (exact) mass is 1170 g/mol. The van der Waals surface area contributed by atoms with Gasteiger partial charge in [0.1, 0.15) is 26.3 Å². The Balaban J connectivity index is 0.000000211. The van der Waals surface area contributed by atoms with Gasteiger partial charge in [-0.2, -0.15) is 10.5 Å². The number of nitrogens with zero attached hydrogens (tertiary/aromatic N) is 2. The van der Waals surface area contributed by atoms with Crippen molar-refractivity contribution in [2.45, 2.75) is 189 Å². The molecule has 6 aromatic rings. The number of halogens is 2. The summed E-state index contributed by atoms with van der Waals surface area (Å²) in [5.41, 5.74) is 12.4. The summed E-state index contributed by atoms with van der Waals surface area (Å²) >= 11 is 0. The number of amidine groups is 2. The molecule has 4 saturated carbocycles. The molecule has 6 nitrogen and oxygen atoms in total. The Kier molecular flexibility index (Phi) is 25.3. The molecule has 2 heterocycles. The average Bonchev–Trinajstić information content (AvgIpc) is 4.33. The maximum absolute atomic E-state index is 7.32. The Hall–Kier alpha value is -5.19. The molecular weight excluding hydrogens is 1080 g/mol. The molecule has 6 aromatic carbocycles. The molecule has 12 rings (SSSR count). The first kappa shape index (κ1) is 64.4. The summed E-state index contributed by atoms with van der Waals surface area (Å²) in [6.45, 7) is 2.86. The van der Waals surface area contributed by atoms with Crippen LogP contribution in [0, 0.1) is 22.7 Å². The van der Waals surface area contributed by atoms with E-state index >= 15 is 0 Å². The molecule has 4 fully saturated rings. The van der Waals surface area contributed by atoms with Crippen molar-refractivity contribution >= 4 is 51.7 Å². The van der Waals surface area contributed by atoms with Gasteiger partial charge in [0.15, 0.2) is 24.2 Å². The Labute approximate surface area is 508 Å². The zero-order valence-electron chi connectivity index (χ0n) is 47.5. The van der Waals surface area contributed by atoms with Crippen molar-refractivity contribution in [2.24, 2.45) is 0 Å². The van der Waals surface area contributed by atoms with Crippen molar-refractivity contribution in [3.63, 3.8) is 0 Å². The summed E-state index contributed by atoms with van der Waals surface area (Å²) in [6, 6.07) is 67.9. The van der Waals surface area contributed by atoms with Crippen molar-refractivity contribution in [3.8, 4) is 12.1 Å². The molecule has 4 N–H and O–H groups in total. The number of nitrogens with one attached hydrogen (secondary N) is 4. The van der Waals surface area contributed by atoms with Crippen LogP contribution in [0.15, 0.2) is 170 Å². The first-order valence-corrected chi connectivity index (χ1v) is 32.9. The van der Waals surface area contributed by atoms with Crippen LogP contribution in [0.3, 0.4) is 0 Å². The number of nitriles is 2. The van der Waals surface area contributed by atoms with E-state index in [4.69, 9.17) is 10.5 Å². The van der Waals surface area contributed by atoms with Gasteiger partial charge in [-0.05, 0) is 127 Å². The average molecular weight is 1170 g/mol. The quantitative estimate of drug-likeness (QED) is 0.0970. The highest BCUT2D eigenvalue weighted by Gasteiger charge is 2.50. The molecule has 0 aromatic heterocycles. The molecule has 6 aliphatic rings. The summed E-state index contributed by atoms with van der Waals surface area (Å²) in [4.78, 5) is 8.08. The van der Waals surface area contributed by atoms with E-state index in [1.165, 1.54) is 187 Å². The van der Waals surface area contributed by atoms with Gasteiger partial charge in [-0.15, -0.1) is 14.3 Å². The van der Waals surface area contributed by atoms with E-state index in [1.807, 2.05) is 0 Å². The highest BCUT2D eigenvalue weighted by Crippen LogP contribution is 2.69. The van der Waals surface area contributed by atoms with Crippen molar-refractivity contribution in [2.75, 3.05) is 0 Å². The Morgan fingerprint density at radius 1 is 0.366 bits per heavy atom. The first-order chi connectivity index (χ1) is 39.3. The molecule has 0 radical (unpaired) electrons. The molecule has 0 bridgehead atoms. The molecular formula is C70H92B2Cl2N6P2. The lowest BCUT2D eigenvalue weighted by Gasteiger charge is -2.47. The maximum Gasteiger partial charge on any atom is 0.280 e. The van der Waals surface area contributed by atoms with Gasteiger partial charge in [0.2, 0.25) is 0 Å². The number of rotatable bonds is 12. The predicted octanol–water partition coefficient (Wildman–Crippen LogP) is 5.44. The molecule has 82 heavy (non-hydrogen) atoms. The summed E-state index contributed by atoms with van der Waals surface area (Å²) < 4.78 is 0. The minimum absolute atomic E-state index is 0. The number of hydrogen-bond donors (Lipinski definition) is 4. The Morgan fingerprint density at radius 2 is 0.598 bits per heavy atom. The third-order valence-corrected chi connectivity index (χ3v) is 24.4. The van der Waals surface area contributed by atoms with Crippen molar-refractivity contribution in [1.82, 2.24) is 10.6 Å². The van der Waals surface area contributed by atoms with Crippen LogP contribution in [0.1, 0.15) is 200 Å². The number of hydrogen-bond acceptors (Lipinski definition) is 4. The van der Waals surface area contributed by atoms with Gasteiger partial charge in [0.25, 0.3) is 11.7 Å². The molecule has 0 spiro atoms. The van der Waals surface area contributed by atoms with E-state index < -0.39 is 14.3 Å². The highest BCUT2D eigenvalue weighted by atomic mass is 35.5. The van der Waals surface area contributed by atoms with Crippen LogP contribution in [0.5, 0.6) is 0 Å². The lowest BCUT2D eigenvalue weighted by atomic mass is 9.95. The van der Waals surface area contributed by atoms with Crippen LogP contribution in [0.25, 0.3) is 0 Å². The van der Waals surface area contributed by atoms with Crippen LogP contribution in [-0.4, -0.2) is 49.4 Å². The van der Waals surface area contributed by atoms with Crippen LogP contribution < -0.4 is 56.0 Å².